The van der Waals surface area contributed by atoms with Gasteiger partial charge in [-0.2, -0.15) is 4.98 Å². The highest BCUT2D eigenvalue weighted by Crippen LogP contribution is 2.33. The third-order valence-corrected chi connectivity index (χ3v) is 3.51. The highest BCUT2D eigenvalue weighted by atomic mass is 79.9. The number of benzene rings is 1. The molecule has 0 aliphatic heterocycles. The summed E-state index contributed by atoms with van der Waals surface area (Å²) < 4.78 is 11.7. The van der Waals surface area contributed by atoms with Crippen molar-refractivity contribution in [2.45, 2.75) is 26.2 Å². The van der Waals surface area contributed by atoms with Crippen molar-refractivity contribution in [3.63, 3.8) is 0 Å². The van der Waals surface area contributed by atoms with E-state index in [-0.39, 0.29) is 5.41 Å². The summed E-state index contributed by atoms with van der Waals surface area (Å²) in [4.78, 5) is 8.65. The second-order valence-corrected chi connectivity index (χ2v) is 6.74. The standard InChI is InChI=1S/C15H16BrClN2O2/c1-15(2,3)14-18-12(17)8-13(19-14)21-11-6-5-9(20-4)7-10(11)16/h5-8H,1-4H3. The number of hydrogen-bond acceptors (Lipinski definition) is 4. The maximum atomic E-state index is 6.05. The van der Waals surface area contributed by atoms with Gasteiger partial charge in [-0.15, -0.1) is 0 Å². The molecule has 112 valence electrons. The van der Waals surface area contributed by atoms with Crippen molar-refractivity contribution in [3.8, 4) is 17.4 Å². The minimum atomic E-state index is -0.208. The third-order valence-electron chi connectivity index (χ3n) is 2.70. The van der Waals surface area contributed by atoms with Crippen molar-refractivity contribution in [3.05, 3.63) is 39.7 Å². The first-order chi connectivity index (χ1) is 9.79. The maximum absolute atomic E-state index is 6.05. The average Bonchev–Trinajstić information content (AvgIpc) is 2.39. The van der Waals surface area contributed by atoms with Gasteiger partial charge in [-0.3, -0.25) is 0 Å². The molecule has 2 aromatic rings. The van der Waals surface area contributed by atoms with E-state index >= 15 is 0 Å². The Kier molecular flexibility index (Phi) is 4.74. The Bertz CT molecular complexity index is 657. The zero-order chi connectivity index (χ0) is 15.6. The van der Waals surface area contributed by atoms with Crippen LogP contribution in [-0.4, -0.2) is 17.1 Å². The van der Waals surface area contributed by atoms with E-state index in [0.717, 1.165) is 10.2 Å². The number of halogens is 2. The number of nitrogens with zero attached hydrogens (tertiary/aromatic N) is 2. The minimum absolute atomic E-state index is 0.208. The molecule has 0 unspecified atom stereocenters. The van der Waals surface area contributed by atoms with Crippen LogP contribution in [-0.2, 0) is 5.41 Å². The van der Waals surface area contributed by atoms with Crippen LogP contribution in [0.4, 0.5) is 0 Å². The molecule has 6 heteroatoms. The lowest BCUT2D eigenvalue weighted by molar-refractivity contribution is 0.410. The average molecular weight is 372 g/mol. The van der Waals surface area contributed by atoms with Crippen LogP contribution < -0.4 is 9.47 Å². The van der Waals surface area contributed by atoms with Gasteiger partial charge < -0.3 is 9.47 Å². The van der Waals surface area contributed by atoms with E-state index in [1.54, 1.807) is 19.2 Å². The lowest BCUT2D eigenvalue weighted by Crippen LogP contribution is -2.16. The largest absolute Gasteiger partial charge is 0.497 e. The lowest BCUT2D eigenvalue weighted by atomic mass is 9.96. The maximum Gasteiger partial charge on any atom is 0.224 e. The molecule has 0 amide bonds. The number of rotatable bonds is 3. The van der Waals surface area contributed by atoms with E-state index in [0.29, 0.717) is 22.6 Å². The molecule has 1 heterocycles. The van der Waals surface area contributed by atoms with Gasteiger partial charge >= 0.3 is 0 Å². The van der Waals surface area contributed by atoms with Gasteiger partial charge in [0.1, 0.15) is 22.5 Å². The number of hydrogen-bond donors (Lipinski definition) is 0. The van der Waals surface area contributed by atoms with Crippen LogP contribution in [0.1, 0.15) is 26.6 Å². The molecule has 0 spiro atoms. The fourth-order valence-corrected chi connectivity index (χ4v) is 2.20. The summed E-state index contributed by atoms with van der Waals surface area (Å²) in [5.74, 6) is 2.41. The second kappa shape index (κ2) is 6.20. The van der Waals surface area contributed by atoms with Gasteiger partial charge in [0.15, 0.2) is 0 Å². The topological polar surface area (TPSA) is 44.2 Å². The number of ether oxygens (including phenoxy) is 2. The highest BCUT2D eigenvalue weighted by Gasteiger charge is 2.19. The fraction of sp³-hybridized carbons (Fsp3) is 0.333. The third kappa shape index (κ3) is 4.08. The van der Waals surface area contributed by atoms with Crippen LogP contribution >= 0.6 is 27.5 Å². The lowest BCUT2D eigenvalue weighted by Gasteiger charge is -2.17. The summed E-state index contributed by atoms with van der Waals surface area (Å²) in [6.45, 7) is 6.06. The molecular weight excluding hydrogens is 356 g/mol. The molecule has 0 aliphatic rings. The first-order valence-electron chi connectivity index (χ1n) is 6.36. The Labute approximate surface area is 137 Å². The molecule has 0 saturated heterocycles. The van der Waals surface area contributed by atoms with Crippen molar-refractivity contribution >= 4 is 27.5 Å². The summed E-state index contributed by atoms with van der Waals surface area (Å²) in [6, 6.07) is 7.03. The van der Waals surface area contributed by atoms with Gasteiger partial charge in [-0.05, 0) is 34.1 Å². The van der Waals surface area contributed by atoms with Gasteiger partial charge in [-0.1, -0.05) is 32.4 Å². The molecule has 4 nitrogen and oxygen atoms in total. The normalized spacial score (nSPS) is 11.3. The summed E-state index contributed by atoms with van der Waals surface area (Å²) in [5, 5.41) is 0.356. The van der Waals surface area contributed by atoms with E-state index in [2.05, 4.69) is 25.9 Å². The zero-order valence-corrected chi connectivity index (χ0v) is 14.6. The van der Waals surface area contributed by atoms with Crippen LogP contribution in [0.2, 0.25) is 5.15 Å². The Balaban J connectivity index is 2.33. The van der Waals surface area contributed by atoms with Crippen molar-refractivity contribution in [1.82, 2.24) is 9.97 Å². The molecule has 2 rings (SSSR count). The summed E-state index contributed by atoms with van der Waals surface area (Å²) in [5.41, 5.74) is -0.208. The summed E-state index contributed by atoms with van der Waals surface area (Å²) in [7, 11) is 1.61. The number of methoxy groups -OCH3 is 1. The van der Waals surface area contributed by atoms with E-state index < -0.39 is 0 Å². The molecule has 0 aliphatic carbocycles. The zero-order valence-electron chi connectivity index (χ0n) is 12.3. The Morgan fingerprint density at radius 2 is 1.86 bits per heavy atom. The van der Waals surface area contributed by atoms with Crippen LogP contribution in [0.15, 0.2) is 28.7 Å². The van der Waals surface area contributed by atoms with Crippen LogP contribution in [0, 0.1) is 0 Å². The van der Waals surface area contributed by atoms with Gasteiger partial charge in [0.05, 0.1) is 11.6 Å². The smallest absolute Gasteiger partial charge is 0.224 e. The van der Waals surface area contributed by atoms with Gasteiger partial charge in [0.25, 0.3) is 0 Å². The number of aromatic nitrogens is 2. The van der Waals surface area contributed by atoms with Gasteiger partial charge in [0.2, 0.25) is 5.88 Å². The molecule has 1 aromatic carbocycles. The van der Waals surface area contributed by atoms with Crippen molar-refractivity contribution in [1.29, 1.82) is 0 Å². The van der Waals surface area contributed by atoms with E-state index in [1.165, 1.54) is 0 Å². The van der Waals surface area contributed by atoms with E-state index in [1.807, 2.05) is 32.9 Å². The van der Waals surface area contributed by atoms with Gasteiger partial charge in [0, 0.05) is 11.5 Å². The minimum Gasteiger partial charge on any atom is -0.497 e. The molecular formula is C15H16BrClN2O2. The first-order valence-corrected chi connectivity index (χ1v) is 7.53. The fourth-order valence-electron chi connectivity index (χ4n) is 1.59. The van der Waals surface area contributed by atoms with Crippen molar-refractivity contribution in [2.75, 3.05) is 7.11 Å². The Hall–Kier alpha value is -1.33. The van der Waals surface area contributed by atoms with Crippen molar-refractivity contribution in [2.24, 2.45) is 0 Å². The summed E-state index contributed by atoms with van der Waals surface area (Å²) >= 11 is 9.49. The Morgan fingerprint density at radius 1 is 1.14 bits per heavy atom. The predicted octanol–water partition coefficient (Wildman–Crippen LogP) is 4.99. The molecule has 0 radical (unpaired) electrons. The van der Waals surface area contributed by atoms with Crippen LogP contribution in [0.3, 0.4) is 0 Å². The van der Waals surface area contributed by atoms with E-state index in [4.69, 9.17) is 21.1 Å². The van der Waals surface area contributed by atoms with E-state index in [9.17, 15) is 0 Å². The predicted molar refractivity (Wildman–Crippen MR) is 86.5 cm³/mol. The molecule has 0 fully saturated rings. The second-order valence-electron chi connectivity index (χ2n) is 5.50. The van der Waals surface area contributed by atoms with Crippen LogP contribution in [0.5, 0.6) is 17.4 Å². The molecule has 0 atom stereocenters. The molecule has 0 bridgehead atoms. The van der Waals surface area contributed by atoms with Crippen LogP contribution in [0.25, 0.3) is 0 Å². The monoisotopic (exact) mass is 370 g/mol. The highest BCUT2D eigenvalue weighted by molar-refractivity contribution is 9.10. The quantitative estimate of drug-likeness (QED) is 0.713. The molecule has 0 saturated carbocycles. The molecule has 0 N–H and O–H groups in total. The SMILES string of the molecule is COc1ccc(Oc2cc(Cl)nc(C(C)(C)C)n2)c(Br)c1. The first kappa shape index (κ1) is 16.0. The molecule has 1 aromatic heterocycles. The summed E-state index contributed by atoms with van der Waals surface area (Å²) in [6.07, 6.45) is 0. The molecule has 21 heavy (non-hydrogen) atoms. The van der Waals surface area contributed by atoms with Crippen molar-refractivity contribution < 1.29 is 9.47 Å². The van der Waals surface area contributed by atoms with Gasteiger partial charge in [-0.25, -0.2) is 4.98 Å². The Morgan fingerprint density at radius 3 is 2.43 bits per heavy atom.